The molecule has 2 amide bonds. The lowest BCUT2D eigenvalue weighted by Gasteiger charge is -2.06. The minimum absolute atomic E-state index is 0.124. The normalized spacial score (nSPS) is 15.7. The highest BCUT2D eigenvalue weighted by atomic mass is 32.2. The van der Waals surface area contributed by atoms with E-state index in [2.05, 4.69) is 15.6 Å². The van der Waals surface area contributed by atoms with Gasteiger partial charge in [0.1, 0.15) is 9.84 Å². The highest BCUT2D eigenvalue weighted by Crippen LogP contribution is 2.31. The number of hydrogen-bond donors (Lipinski definition) is 1. The summed E-state index contributed by atoms with van der Waals surface area (Å²) >= 11 is 6.37. The number of likely N-dealkylation sites (N-methyl/N-ethyl adjacent to an activating group) is 1. The van der Waals surface area contributed by atoms with E-state index < -0.39 is 0 Å². The van der Waals surface area contributed by atoms with Gasteiger partial charge in [0.25, 0.3) is 11.8 Å². The van der Waals surface area contributed by atoms with Gasteiger partial charge >= 0.3 is 0 Å². The largest absolute Gasteiger partial charge is 0.320 e. The van der Waals surface area contributed by atoms with Crippen LogP contribution in [0.4, 0.5) is 5.69 Å². The summed E-state index contributed by atoms with van der Waals surface area (Å²) in [5.41, 5.74) is 2.86. The molecule has 0 atom stereocenters. The van der Waals surface area contributed by atoms with Crippen molar-refractivity contribution in [1.82, 2.24) is 15.2 Å². The van der Waals surface area contributed by atoms with Crippen LogP contribution in [0.3, 0.4) is 0 Å². The molecule has 3 aromatic rings. The van der Waals surface area contributed by atoms with E-state index in [4.69, 9.17) is 16.8 Å². The summed E-state index contributed by atoms with van der Waals surface area (Å²) in [5, 5.41) is 10.3. The second-order valence-electron chi connectivity index (χ2n) is 5.75. The predicted octanol–water partition coefficient (Wildman–Crippen LogP) is 3.31. The molecule has 2 aromatic carbocycles. The zero-order valence-electron chi connectivity index (χ0n) is 14.0. The number of aromatic nitrogens is 2. The Balaban J connectivity index is 1.52. The van der Waals surface area contributed by atoms with Gasteiger partial charge in [0.05, 0.1) is 10.6 Å². The maximum atomic E-state index is 12.5. The van der Waals surface area contributed by atoms with Gasteiger partial charge in [0.2, 0.25) is 0 Å². The van der Waals surface area contributed by atoms with Crippen LogP contribution in [-0.4, -0.2) is 38.4 Å². The topological polar surface area (TPSA) is 88.3 Å². The van der Waals surface area contributed by atoms with Gasteiger partial charge in [-0.3, -0.25) is 14.5 Å². The van der Waals surface area contributed by atoms with E-state index in [9.17, 15) is 9.59 Å². The molecule has 0 unspecified atom stereocenters. The Morgan fingerprint density at radius 2 is 2.00 bits per heavy atom. The first kappa shape index (κ1) is 17.4. The maximum absolute atomic E-state index is 12.5. The van der Waals surface area contributed by atoms with E-state index in [0.717, 1.165) is 5.56 Å². The van der Waals surface area contributed by atoms with Gasteiger partial charge in [-0.2, -0.15) is 0 Å². The van der Waals surface area contributed by atoms with Crippen LogP contribution >= 0.6 is 24.0 Å². The van der Waals surface area contributed by atoms with Crippen LogP contribution < -0.4 is 5.32 Å². The molecule has 9 heteroatoms. The lowest BCUT2D eigenvalue weighted by molar-refractivity contribution is -0.121. The van der Waals surface area contributed by atoms with Crippen molar-refractivity contribution in [1.29, 1.82) is 0 Å². The number of hydrogen-bond acceptors (Lipinski definition) is 7. The Morgan fingerprint density at radius 3 is 2.70 bits per heavy atom. The van der Waals surface area contributed by atoms with Gasteiger partial charge < -0.3 is 5.32 Å². The molecule has 4 rings (SSSR count). The van der Waals surface area contributed by atoms with Crippen LogP contribution in [-0.2, 0) is 4.79 Å². The van der Waals surface area contributed by atoms with Gasteiger partial charge in [-0.1, -0.05) is 42.2 Å². The number of thiocarbonyl (C=S) groups is 1. The molecule has 7 nitrogen and oxygen atoms in total. The summed E-state index contributed by atoms with van der Waals surface area (Å²) < 4.78 is 5.22. The quantitative estimate of drug-likeness (QED) is 0.537. The highest BCUT2D eigenvalue weighted by Gasteiger charge is 2.28. The fourth-order valence-electron chi connectivity index (χ4n) is 2.53. The van der Waals surface area contributed by atoms with Crippen molar-refractivity contribution in [3.63, 3.8) is 0 Å². The van der Waals surface area contributed by atoms with Gasteiger partial charge in [0.15, 0.2) is 5.52 Å². The van der Waals surface area contributed by atoms with Crippen molar-refractivity contribution in [2.75, 3.05) is 12.4 Å². The van der Waals surface area contributed by atoms with E-state index in [0.29, 0.717) is 31.5 Å². The third-order valence-corrected chi connectivity index (χ3v) is 5.48. The summed E-state index contributed by atoms with van der Waals surface area (Å²) in [5.74, 6) is -0.405. The molecule has 27 heavy (non-hydrogen) atoms. The van der Waals surface area contributed by atoms with Crippen LogP contribution in [0, 0.1) is 0 Å². The van der Waals surface area contributed by atoms with E-state index in [1.165, 1.54) is 16.7 Å². The molecule has 0 bridgehead atoms. The number of benzene rings is 2. The van der Waals surface area contributed by atoms with Crippen LogP contribution in [0.1, 0.15) is 15.9 Å². The first-order chi connectivity index (χ1) is 13.0. The van der Waals surface area contributed by atoms with Crippen molar-refractivity contribution >= 4 is 62.9 Å². The van der Waals surface area contributed by atoms with E-state index in [-0.39, 0.29) is 11.8 Å². The molecule has 1 aliphatic heterocycles. The third-order valence-electron chi connectivity index (χ3n) is 3.99. The third kappa shape index (κ3) is 3.34. The van der Waals surface area contributed by atoms with Crippen molar-refractivity contribution in [2.45, 2.75) is 0 Å². The number of carbonyl (C=O) groups is 2. The molecule has 0 aliphatic carbocycles. The molecular weight excluding hydrogens is 384 g/mol. The molecule has 0 radical (unpaired) electrons. The Labute approximate surface area is 163 Å². The van der Waals surface area contributed by atoms with Gasteiger partial charge in [-0.25, -0.2) is 4.63 Å². The molecule has 1 fully saturated rings. The zero-order chi connectivity index (χ0) is 19.0. The van der Waals surface area contributed by atoms with Crippen LogP contribution in [0.5, 0.6) is 0 Å². The molecule has 0 saturated carbocycles. The number of nitrogens with one attached hydrogen (secondary N) is 1. The second kappa shape index (κ2) is 6.93. The van der Waals surface area contributed by atoms with Gasteiger partial charge in [0, 0.05) is 12.6 Å². The molecule has 1 N–H and O–H groups in total. The number of fused-ring (bicyclic) bond motifs is 1. The standard InChI is InChI=1S/C18H12N4O3S2/c1-22-17(24)14(27-18(22)26)9-10-5-7-11(8-6-10)16(23)19-12-3-2-4-13-15(12)21-25-20-13/h2-9H,1H3,(H,19,23). The lowest BCUT2D eigenvalue weighted by Crippen LogP contribution is -2.22. The van der Waals surface area contributed by atoms with Crippen molar-refractivity contribution < 1.29 is 14.2 Å². The Kier molecular flexibility index (Phi) is 4.46. The minimum Gasteiger partial charge on any atom is -0.320 e. The first-order valence-corrected chi connectivity index (χ1v) is 9.09. The van der Waals surface area contributed by atoms with Crippen LogP contribution in [0.25, 0.3) is 17.1 Å². The molecule has 1 aliphatic rings. The van der Waals surface area contributed by atoms with Gasteiger partial charge in [-0.05, 0) is 46.2 Å². The van der Waals surface area contributed by atoms with E-state index in [1.807, 2.05) is 0 Å². The summed E-state index contributed by atoms with van der Waals surface area (Å²) in [6, 6.07) is 12.2. The number of nitrogens with zero attached hydrogens (tertiary/aromatic N) is 3. The lowest BCUT2D eigenvalue weighted by atomic mass is 10.1. The highest BCUT2D eigenvalue weighted by molar-refractivity contribution is 8.26. The molecule has 0 spiro atoms. The molecule has 134 valence electrons. The first-order valence-electron chi connectivity index (χ1n) is 7.87. The molecule has 1 aromatic heterocycles. The average Bonchev–Trinajstić information content (AvgIpc) is 3.24. The van der Waals surface area contributed by atoms with Crippen LogP contribution in [0.2, 0.25) is 0 Å². The smallest absolute Gasteiger partial charge is 0.265 e. The van der Waals surface area contributed by atoms with Crippen LogP contribution in [0.15, 0.2) is 52.0 Å². The molecule has 2 heterocycles. The monoisotopic (exact) mass is 396 g/mol. The number of amides is 2. The van der Waals surface area contributed by atoms with Crippen molar-refractivity contribution in [3.05, 3.63) is 58.5 Å². The summed E-state index contributed by atoms with van der Waals surface area (Å²) in [6.07, 6.45) is 1.76. The summed E-state index contributed by atoms with van der Waals surface area (Å²) in [6.45, 7) is 0. The second-order valence-corrected chi connectivity index (χ2v) is 7.43. The van der Waals surface area contributed by atoms with Gasteiger partial charge in [-0.15, -0.1) is 0 Å². The fourth-order valence-corrected chi connectivity index (χ4v) is 3.71. The predicted molar refractivity (Wildman–Crippen MR) is 107 cm³/mol. The van der Waals surface area contributed by atoms with E-state index in [1.54, 1.807) is 55.6 Å². The minimum atomic E-state index is -0.281. The fraction of sp³-hybridized carbons (Fsp3) is 0.0556. The number of rotatable bonds is 3. The molecule has 1 saturated heterocycles. The Hall–Kier alpha value is -3.04. The number of anilines is 1. The van der Waals surface area contributed by atoms with Crippen molar-refractivity contribution in [3.8, 4) is 0 Å². The Bertz CT molecular complexity index is 1110. The zero-order valence-corrected chi connectivity index (χ0v) is 15.6. The SMILES string of the molecule is CN1C(=O)C(=Cc2ccc(C(=O)Nc3cccc4nonc34)cc2)SC1=S. The average molecular weight is 396 g/mol. The summed E-state index contributed by atoms with van der Waals surface area (Å²) in [4.78, 5) is 26.5. The van der Waals surface area contributed by atoms with Crippen molar-refractivity contribution in [2.24, 2.45) is 0 Å². The maximum Gasteiger partial charge on any atom is 0.265 e. The summed E-state index contributed by atoms with van der Waals surface area (Å²) in [7, 11) is 1.65. The van der Waals surface area contributed by atoms with E-state index >= 15 is 0 Å². The number of carbonyl (C=O) groups excluding carboxylic acids is 2. The molecular formula is C18H12N4O3S2. The Morgan fingerprint density at radius 1 is 1.22 bits per heavy atom. The number of thioether (sulfide) groups is 1.